The number of fused-ring (bicyclic) bond motifs is 3. The zero-order valence-corrected chi connectivity index (χ0v) is 7.99. The van der Waals surface area contributed by atoms with Gasteiger partial charge in [0.05, 0.1) is 36.1 Å². The number of nitrogens with one attached hydrogen (secondary N) is 1. The molecule has 1 aromatic carbocycles. The SMILES string of the molecule is Cc1ccc2c(c1)-n1cncc1CN2. The molecule has 3 rings (SSSR count). The van der Waals surface area contributed by atoms with E-state index in [0.717, 1.165) is 6.54 Å². The highest BCUT2D eigenvalue weighted by atomic mass is 15.1. The average Bonchev–Trinajstić information content (AvgIpc) is 2.65. The molecular formula is C11H11N3. The molecule has 0 saturated carbocycles. The number of nitrogens with zero attached hydrogens (tertiary/aromatic N) is 2. The Morgan fingerprint density at radius 2 is 2.36 bits per heavy atom. The van der Waals surface area contributed by atoms with Crippen LogP contribution in [-0.2, 0) is 6.54 Å². The fourth-order valence-corrected chi connectivity index (χ4v) is 1.85. The monoisotopic (exact) mass is 185 g/mol. The lowest BCUT2D eigenvalue weighted by molar-refractivity contribution is 0.904. The summed E-state index contributed by atoms with van der Waals surface area (Å²) < 4.78 is 2.14. The van der Waals surface area contributed by atoms with Crippen LogP contribution in [-0.4, -0.2) is 9.55 Å². The van der Waals surface area contributed by atoms with E-state index in [-0.39, 0.29) is 0 Å². The fourth-order valence-electron chi connectivity index (χ4n) is 1.85. The summed E-state index contributed by atoms with van der Waals surface area (Å²) in [6.45, 7) is 2.96. The molecule has 70 valence electrons. The van der Waals surface area contributed by atoms with Crippen LogP contribution in [0.1, 0.15) is 11.3 Å². The van der Waals surface area contributed by atoms with Gasteiger partial charge in [-0.15, -0.1) is 0 Å². The summed E-state index contributed by atoms with van der Waals surface area (Å²) in [4.78, 5) is 4.16. The lowest BCUT2D eigenvalue weighted by Crippen LogP contribution is -2.13. The number of imidazole rings is 1. The van der Waals surface area contributed by atoms with Crippen molar-refractivity contribution in [3.8, 4) is 5.69 Å². The second kappa shape index (κ2) is 2.61. The summed E-state index contributed by atoms with van der Waals surface area (Å²) in [6, 6.07) is 6.41. The minimum absolute atomic E-state index is 0.857. The molecule has 1 aliphatic heterocycles. The van der Waals surface area contributed by atoms with Crippen LogP contribution in [0.2, 0.25) is 0 Å². The molecule has 2 aromatic rings. The molecule has 0 fully saturated rings. The summed E-state index contributed by atoms with van der Waals surface area (Å²) >= 11 is 0. The molecule has 1 N–H and O–H groups in total. The number of hydrogen-bond acceptors (Lipinski definition) is 2. The molecule has 0 unspecified atom stereocenters. The Kier molecular flexibility index (Phi) is 1.42. The molecule has 1 aliphatic rings. The maximum Gasteiger partial charge on any atom is 0.0995 e. The van der Waals surface area contributed by atoms with Crippen LogP contribution in [0.3, 0.4) is 0 Å². The number of hydrogen-bond donors (Lipinski definition) is 1. The minimum atomic E-state index is 0.857. The van der Waals surface area contributed by atoms with Crippen molar-refractivity contribution >= 4 is 5.69 Å². The standard InChI is InChI=1S/C11H11N3/c1-8-2-3-10-11(4-8)14-7-12-5-9(14)6-13-10/h2-5,7,13H,6H2,1H3. The lowest BCUT2D eigenvalue weighted by Gasteiger charge is -2.20. The third-order valence-corrected chi connectivity index (χ3v) is 2.59. The number of rotatable bonds is 0. The van der Waals surface area contributed by atoms with Crippen molar-refractivity contribution in [3.05, 3.63) is 42.0 Å². The zero-order chi connectivity index (χ0) is 9.54. The average molecular weight is 185 g/mol. The van der Waals surface area contributed by atoms with E-state index in [4.69, 9.17) is 0 Å². The highest BCUT2D eigenvalue weighted by Gasteiger charge is 2.13. The van der Waals surface area contributed by atoms with Crippen molar-refractivity contribution in [2.75, 3.05) is 5.32 Å². The first kappa shape index (κ1) is 7.62. The van der Waals surface area contributed by atoms with Crippen LogP contribution in [0.4, 0.5) is 5.69 Å². The molecule has 0 aliphatic carbocycles. The van der Waals surface area contributed by atoms with Gasteiger partial charge in [-0.25, -0.2) is 4.98 Å². The molecule has 1 aromatic heterocycles. The van der Waals surface area contributed by atoms with Crippen molar-refractivity contribution in [2.24, 2.45) is 0 Å². The smallest absolute Gasteiger partial charge is 0.0995 e. The van der Waals surface area contributed by atoms with Gasteiger partial charge in [0.25, 0.3) is 0 Å². The first-order chi connectivity index (χ1) is 6.84. The zero-order valence-electron chi connectivity index (χ0n) is 7.99. The van der Waals surface area contributed by atoms with Gasteiger partial charge >= 0.3 is 0 Å². The van der Waals surface area contributed by atoms with Gasteiger partial charge in [-0.3, -0.25) is 4.57 Å². The Morgan fingerprint density at radius 3 is 3.29 bits per heavy atom. The summed E-state index contributed by atoms with van der Waals surface area (Å²) in [7, 11) is 0. The number of anilines is 1. The highest BCUT2D eigenvalue weighted by Crippen LogP contribution is 2.27. The molecule has 3 heteroatoms. The van der Waals surface area contributed by atoms with Crippen molar-refractivity contribution < 1.29 is 0 Å². The number of aromatic nitrogens is 2. The molecule has 0 amide bonds. The van der Waals surface area contributed by atoms with E-state index >= 15 is 0 Å². The normalized spacial score (nSPS) is 12.9. The number of aryl methyl sites for hydroxylation is 1. The maximum absolute atomic E-state index is 4.16. The second-order valence-electron chi connectivity index (χ2n) is 3.63. The van der Waals surface area contributed by atoms with E-state index in [1.54, 1.807) is 0 Å². The van der Waals surface area contributed by atoms with E-state index in [0.29, 0.717) is 0 Å². The molecule has 0 spiro atoms. The summed E-state index contributed by atoms with van der Waals surface area (Å²) in [5.41, 5.74) is 4.86. The number of benzene rings is 1. The van der Waals surface area contributed by atoms with E-state index in [1.807, 2.05) is 12.5 Å². The molecule has 2 heterocycles. The summed E-state index contributed by atoms with van der Waals surface area (Å²) in [5, 5.41) is 3.37. The van der Waals surface area contributed by atoms with Crippen LogP contribution >= 0.6 is 0 Å². The van der Waals surface area contributed by atoms with Gasteiger partial charge in [0.1, 0.15) is 0 Å². The topological polar surface area (TPSA) is 29.9 Å². The highest BCUT2D eigenvalue weighted by molar-refractivity contribution is 5.64. The largest absolute Gasteiger partial charge is 0.378 e. The third kappa shape index (κ3) is 0.954. The van der Waals surface area contributed by atoms with Gasteiger partial charge in [-0.2, -0.15) is 0 Å². The Balaban J connectivity index is 2.28. The molecule has 3 nitrogen and oxygen atoms in total. The van der Waals surface area contributed by atoms with Crippen molar-refractivity contribution in [3.63, 3.8) is 0 Å². The van der Waals surface area contributed by atoms with Gasteiger partial charge in [0, 0.05) is 0 Å². The van der Waals surface area contributed by atoms with E-state index in [2.05, 4.69) is 40.0 Å². The van der Waals surface area contributed by atoms with Gasteiger partial charge < -0.3 is 5.32 Å². The van der Waals surface area contributed by atoms with Crippen molar-refractivity contribution in [1.29, 1.82) is 0 Å². The molecule has 0 radical (unpaired) electrons. The summed E-state index contributed by atoms with van der Waals surface area (Å²) in [6.07, 6.45) is 3.77. The van der Waals surface area contributed by atoms with E-state index < -0.39 is 0 Å². The maximum atomic E-state index is 4.16. The quantitative estimate of drug-likeness (QED) is 0.681. The van der Waals surface area contributed by atoms with Crippen molar-refractivity contribution in [1.82, 2.24) is 9.55 Å². The molecule has 0 atom stereocenters. The predicted octanol–water partition coefficient (Wildman–Crippen LogP) is 2.11. The molecule has 14 heavy (non-hydrogen) atoms. The Morgan fingerprint density at radius 1 is 1.43 bits per heavy atom. The van der Waals surface area contributed by atoms with Crippen LogP contribution in [0, 0.1) is 6.92 Å². The van der Waals surface area contributed by atoms with Crippen LogP contribution < -0.4 is 5.32 Å². The molecule has 0 saturated heterocycles. The first-order valence-electron chi connectivity index (χ1n) is 4.71. The third-order valence-electron chi connectivity index (χ3n) is 2.59. The summed E-state index contributed by atoms with van der Waals surface area (Å²) in [5.74, 6) is 0. The van der Waals surface area contributed by atoms with Gasteiger partial charge in [-0.05, 0) is 24.6 Å². The van der Waals surface area contributed by atoms with Gasteiger partial charge in [0.15, 0.2) is 0 Å². The van der Waals surface area contributed by atoms with Crippen LogP contribution in [0.25, 0.3) is 5.69 Å². The Labute approximate surface area is 82.4 Å². The fraction of sp³-hybridized carbons (Fsp3) is 0.182. The van der Waals surface area contributed by atoms with Crippen LogP contribution in [0.15, 0.2) is 30.7 Å². The minimum Gasteiger partial charge on any atom is -0.378 e. The van der Waals surface area contributed by atoms with E-state index in [9.17, 15) is 0 Å². The predicted molar refractivity (Wildman–Crippen MR) is 55.6 cm³/mol. The van der Waals surface area contributed by atoms with Gasteiger partial charge in [-0.1, -0.05) is 6.07 Å². The lowest BCUT2D eigenvalue weighted by atomic mass is 10.1. The first-order valence-corrected chi connectivity index (χ1v) is 4.71. The molecular weight excluding hydrogens is 174 g/mol. The van der Waals surface area contributed by atoms with Crippen molar-refractivity contribution in [2.45, 2.75) is 13.5 Å². The molecule has 0 bridgehead atoms. The van der Waals surface area contributed by atoms with Crippen LogP contribution in [0.5, 0.6) is 0 Å². The van der Waals surface area contributed by atoms with Gasteiger partial charge in [0.2, 0.25) is 0 Å². The Hall–Kier alpha value is -1.77. The Bertz CT molecular complexity index is 485. The second-order valence-corrected chi connectivity index (χ2v) is 3.63. The van der Waals surface area contributed by atoms with E-state index in [1.165, 1.54) is 22.6 Å².